The summed E-state index contributed by atoms with van der Waals surface area (Å²) in [6.07, 6.45) is -1.21. The van der Waals surface area contributed by atoms with Gasteiger partial charge in [0.25, 0.3) is 0 Å². The third kappa shape index (κ3) is 6.73. The number of likely N-dealkylation sites (N-methyl/N-ethyl adjacent to an activating group) is 1. The topological polar surface area (TPSA) is 89.2 Å². The number of hydrogen-bond acceptors (Lipinski definition) is 5. The Balaban J connectivity index is 1.21. The van der Waals surface area contributed by atoms with Crippen molar-refractivity contribution >= 4 is 28.4 Å². The summed E-state index contributed by atoms with van der Waals surface area (Å²) in [5.41, 5.74) is 2.12. The lowest BCUT2D eigenvalue weighted by Crippen LogP contribution is -2.44. The number of hydrogen-bond donors (Lipinski definition) is 3. The van der Waals surface area contributed by atoms with Gasteiger partial charge in [-0.3, -0.25) is 10.00 Å². The second-order valence-electron chi connectivity index (χ2n) is 9.39. The molecule has 1 aliphatic heterocycles. The maximum atomic E-state index is 13.8. The average molecular weight is 534 g/mol. The number of halogens is 3. The fraction of sp³-hybridized carbons (Fsp3) is 0.250. The molecule has 3 heterocycles. The number of pyridine rings is 1. The zero-order chi connectivity index (χ0) is 27.4. The Bertz CT molecular complexity index is 1530. The van der Waals surface area contributed by atoms with Gasteiger partial charge in [0.2, 0.25) is 0 Å². The molecule has 0 bridgehead atoms. The molecule has 8 nitrogen and oxygen atoms in total. The third-order valence-corrected chi connectivity index (χ3v) is 6.45. The number of anilines is 2. The lowest BCUT2D eigenvalue weighted by atomic mass is 10.0. The van der Waals surface area contributed by atoms with Gasteiger partial charge < -0.3 is 15.5 Å². The normalized spacial score (nSPS) is 14.6. The van der Waals surface area contributed by atoms with Crippen LogP contribution in [-0.4, -0.2) is 64.2 Å². The standard InChI is InChI=1S/C28H26F3N7O/c1-37-10-12-38(13-11-37)18-21-6-9-24(15-25(21)28(29,30)31)35-27(39)34-23-7-4-19(5-8-23)2-3-20-14-22-17-33-36-26(22)32-16-20/h4-9,14-17H,10-13,18H2,1H3,(H,32,33,36)(H2,34,35,39). The Morgan fingerprint density at radius 3 is 2.38 bits per heavy atom. The van der Waals surface area contributed by atoms with Crippen LogP contribution in [0.4, 0.5) is 29.3 Å². The number of nitrogens with zero attached hydrogens (tertiary/aromatic N) is 4. The van der Waals surface area contributed by atoms with Crippen molar-refractivity contribution in [3.63, 3.8) is 0 Å². The van der Waals surface area contributed by atoms with Gasteiger partial charge in [-0.2, -0.15) is 18.3 Å². The number of piperazine rings is 1. The van der Waals surface area contributed by atoms with E-state index in [1.54, 1.807) is 36.7 Å². The zero-order valence-corrected chi connectivity index (χ0v) is 21.1. The molecular weight excluding hydrogens is 507 g/mol. The number of aromatic amines is 1. The maximum Gasteiger partial charge on any atom is 0.416 e. The van der Waals surface area contributed by atoms with E-state index in [0.717, 1.165) is 35.7 Å². The summed E-state index contributed by atoms with van der Waals surface area (Å²) in [6, 6.07) is 12.0. The van der Waals surface area contributed by atoms with Crippen molar-refractivity contribution in [2.75, 3.05) is 43.9 Å². The van der Waals surface area contributed by atoms with E-state index in [1.807, 2.05) is 18.0 Å². The fourth-order valence-electron chi connectivity index (χ4n) is 4.28. The number of urea groups is 1. The van der Waals surface area contributed by atoms with E-state index in [-0.39, 0.29) is 17.8 Å². The lowest BCUT2D eigenvalue weighted by molar-refractivity contribution is -0.138. The number of fused-ring (bicyclic) bond motifs is 1. The number of amides is 2. The molecule has 1 aliphatic rings. The predicted molar refractivity (Wildman–Crippen MR) is 143 cm³/mol. The van der Waals surface area contributed by atoms with Crippen LogP contribution in [-0.2, 0) is 12.7 Å². The van der Waals surface area contributed by atoms with E-state index in [1.165, 1.54) is 12.1 Å². The minimum Gasteiger partial charge on any atom is -0.308 e. The first kappa shape index (κ1) is 26.2. The molecule has 2 aromatic carbocycles. The Morgan fingerprint density at radius 1 is 0.949 bits per heavy atom. The van der Waals surface area contributed by atoms with E-state index >= 15 is 0 Å². The highest BCUT2D eigenvalue weighted by Crippen LogP contribution is 2.34. The van der Waals surface area contributed by atoms with E-state index in [9.17, 15) is 18.0 Å². The minimum absolute atomic E-state index is 0.0626. The SMILES string of the molecule is CN1CCN(Cc2ccc(NC(=O)Nc3ccc(C#Cc4cnc5[nH]ncc5c4)cc3)cc2C(F)(F)F)CC1. The van der Waals surface area contributed by atoms with E-state index in [0.29, 0.717) is 24.4 Å². The highest BCUT2D eigenvalue weighted by Gasteiger charge is 2.34. The molecule has 0 atom stereocenters. The first-order valence-electron chi connectivity index (χ1n) is 12.3. The maximum absolute atomic E-state index is 13.8. The first-order valence-corrected chi connectivity index (χ1v) is 12.3. The summed E-state index contributed by atoms with van der Waals surface area (Å²) >= 11 is 0. The molecule has 2 aromatic heterocycles. The summed E-state index contributed by atoms with van der Waals surface area (Å²) in [7, 11) is 2.00. The third-order valence-electron chi connectivity index (χ3n) is 6.45. The van der Waals surface area contributed by atoms with Crippen molar-refractivity contribution < 1.29 is 18.0 Å². The minimum atomic E-state index is -4.53. The van der Waals surface area contributed by atoms with Crippen molar-refractivity contribution in [1.29, 1.82) is 0 Å². The van der Waals surface area contributed by atoms with Crippen LogP contribution in [0.3, 0.4) is 0 Å². The van der Waals surface area contributed by atoms with Crippen LogP contribution in [0.2, 0.25) is 0 Å². The molecule has 0 saturated carbocycles. The quantitative estimate of drug-likeness (QED) is 0.329. The number of benzene rings is 2. The fourth-order valence-corrected chi connectivity index (χ4v) is 4.28. The molecule has 0 unspecified atom stereocenters. The molecule has 5 rings (SSSR count). The van der Waals surface area contributed by atoms with Crippen molar-refractivity contribution in [3.05, 3.63) is 83.2 Å². The van der Waals surface area contributed by atoms with E-state index in [2.05, 4.69) is 42.6 Å². The summed E-state index contributed by atoms with van der Waals surface area (Å²) in [5.74, 6) is 6.07. The van der Waals surface area contributed by atoms with Crippen LogP contribution >= 0.6 is 0 Å². The van der Waals surface area contributed by atoms with Gasteiger partial charge in [-0.1, -0.05) is 17.9 Å². The Labute approximate surface area is 223 Å². The van der Waals surface area contributed by atoms with Gasteiger partial charge in [0.1, 0.15) is 0 Å². The van der Waals surface area contributed by atoms with Gasteiger partial charge in [0.05, 0.1) is 11.8 Å². The van der Waals surface area contributed by atoms with Gasteiger partial charge in [-0.25, -0.2) is 9.78 Å². The van der Waals surface area contributed by atoms with Crippen LogP contribution < -0.4 is 10.6 Å². The highest BCUT2D eigenvalue weighted by molar-refractivity contribution is 5.99. The van der Waals surface area contributed by atoms with E-state index < -0.39 is 17.8 Å². The molecule has 11 heteroatoms. The van der Waals surface area contributed by atoms with Crippen LogP contribution in [0, 0.1) is 11.8 Å². The second-order valence-corrected chi connectivity index (χ2v) is 9.39. The van der Waals surface area contributed by atoms with Gasteiger partial charge in [0, 0.05) is 66.8 Å². The van der Waals surface area contributed by atoms with Crippen LogP contribution in [0.25, 0.3) is 11.0 Å². The summed E-state index contributed by atoms with van der Waals surface area (Å²) in [5, 5.41) is 12.7. The van der Waals surface area contributed by atoms with Gasteiger partial charge in [-0.05, 0) is 55.1 Å². The smallest absolute Gasteiger partial charge is 0.308 e. The van der Waals surface area contributed by atoms with Crippen LogP contribution in [0.15, 0.2) is 60.9 Å². The number of alkyl halides is 3. The molecule has 0 spiro atoms. The van der Waals surface area contributed by atoms with Crippen molar-refractivity contribution in [2.24, 2.45) is 0 Å². The molecule has 0 aliphatic carbocycles. The molecule has 3 N–H and O–H groups in total. The van der Waals surface area contributed by atoms with Crippen molar-refractivity contribution in [3.8, 4) is 11.8 Å². The number of carbonyl (C=O) groups excluding carboxylic acids is 1. The number of carbonyl (C=O) groups is 1. The van der Waals surface area contributed by atoms with E-state index in [4.69, 9.17) is 0 Å². The summed E-state index contributed by atoms with van der Waals surface area (Å²) in [4.78, 5) is 20.9. The molecule has 200 valence electrons. The number of H-pyrrole nitrogens is 1. The Morgan fingerprint density at radius 2 is 1.64 bits per heavy atom. The Kier molecular flexibility index (Phi) is 7.49. The highest BCUT2D eigenvalue weighted by atomic mass is 19.4. The zero-order valence-electron chi connectivity index (χ0n) is 21.1. The number of aromatic nitrogens is 3. The lowest BCUT2D eigenvalue weighted by Gasteiger charge is -2.33. The van der Waals surface area contributed by atoms with Crippen molar-refractivity contribution in [2.45, 2.75) is 12.7 Å². The second kappa shape index (κ2) is 11.1. The molecule has 2 amide bonds. The van der Waals surface area contributed by atoms with Gasteiger partial charge in [-0.15, -0.1) is 0 Å². The van der Waals surface area contributed by atoms with Crippen LogP contribution in [0.1, 0.15) is 22.3 Å². The largest absolute Gasteiger partial charge is 0.416 e. The average Bonchev–Trinajstić information content (AvgIpc) is 3.38. The number of nitrogens with one attached hydrogen (secondary N) is 3. The summed E-state index contributed by atoms with van der Waals surface area (Å²) in [6.45, 7) is 3.25. The monoisotopic (exact) mass is 533 g/mol. The molecule has 4 aromatic rings. The first-order chi connectivity index (χ1) is 18.7. The molecule has 1 saturated heterocycles. The predicted octanol–water partition coefficient (Wildman–Crippen LogP) is 4.77. The Hall–Kier alpha value is -4.40. The van der Waals surface area contributed by atoms with Gasteiger partial charge >= 0.3 is 12.2 Å². The van der Waals surface area contributed by atoms with Crippen molar-refractivity contribution in [1.82, 2.24) is 25.0 Å². The number of rotatable bonds is 4. The molecule has 39 heavy (non-hydrogen) atoms. The van der Waals surface area contributed by atoms with Gasteiger partial charge in [0.15, 0.2) is 5.65 Å². The molecule has 0 radical (unpaired) electrons. The van der Waals surface area contributed by atoms with Crippen LogP contribution in [0.5, 0.6) is 0 Å². The molecule has 1 fully saturated rings. The molecular formula is C28H26F3N7O. The summed E-state index contributed by atoms with van der Waals surface area (Å²) < 4.78 is 41.5.